The Labute approximate surface area is 76.8 Å². The first-order chi connectivity index (χ1) is 6.18. The van der Waals surface area contributed by atoms with Crippen molar-refractivity contribution in [2.75, 3.05) is 13.2 Å². The van der Waals surface area contributed by atoms with Crippen molar-refractivity contribution in [2.45, 2.75) is 37.6 Å². The first-order valence-electron chi connectivity index (χ1n) is 4.51. The normalized spacial score (nSPS) is 51.5. The third kappa shape index (κ3) is 1.70. The van der Waals surface area contributed by atoms with Gasteiger partial charge in [-0.3, -0.25) is 0 Å². The molecular weight excluding hydrogens is 174 g/mol. The fraction of sp³-hybridized carbons (Fsp3) is 1.00. The Morgan fingerprint density at radius 2 is 2.08 bits per heavy atom. The summed E-state index contributed by atoms with van der Waals surface area (Å²) in [5.74, 6) is 0. The third-order valence-corrected chi connectivity index (χ3v) is 2.52. The molecule has 5 atom stereocenters. The summed E-state index contributed by atoms with van der Waals surface area (Å²) < 4.78 is 16.0. The van der Waals surface area contributed by atoms with Crippen LogP contribution in [0.4, 0.5) is 0 Å². The zero-order chi connectivity index (χ0) is 9.42. The minimum Gasteiger partial charge on any atom is -0.389 e. The van der Waals surface area contributed by atoms with Crippen molar-refractivity contribution >= 4 is 0 Å². The summed E-state index contributed by atoms with van der Waals surface area (Å²) in [6.07, 6.45) is -1.27. The van der Waals surface area contributed by atoms with Gasteiger partial charge in [-0.05, 0) is 6.92 Å². The monoisotopic (exact) mass is 189 g/mol. The molecule has 2 aliphatic heterocycles. The van der Waals surface area contributed by atoms with Crippen molar-refractivity contribution in [3.8, 4) is 0 Å². The van der Waals surface area contributed by atoms with Crippen molar-refractivity contribution in [3.05, 3.63) is 0 Å². The lowest BCUT2D eigenvalue weighted by Gasteiger charge is -2.43. The number of fused-ring (bicyclic) bond motifs is 1. The van der Waals surface area contributed by atoms with Crippen molar-refractivity contribution < 1.29 is 19.3 Å². The van der Waals surface area contributed by atoms with Crippen LogP contribution in [0, 0.1) is 0 Å². The molecule has 0 radical (unpaired) electrons. The van der Waals surface area contributed by atoms with Crippen molar-refractivity contribution in [2.24, 2.45) is 5.73 Å². The van der Waals surface area contributed by atoms with E-state index in [0.29, 0.717) is 6.61 Å². The average Bonchev–Trinajstić information content (AvgIpc) is 2.12. The van der Waals surface area contributed by atoms with E-state index >= 15 is 0 Å². The van der Waals surface area contributed by atoms with Gasteiger partial charge in [0.1, 0.15) is 12.2 Å². The standard InChI is InChI=1S/C8H15NO4/c1-4-11-3-6-8(13-4)7(9)5(10)2-12-6/h4-8,10H,2-3,9H2,1H3/t4-,5-,6-,7-,8-/m1/s1. The second kappa shape index (κ2) is 3.51. The average molecular weight is 189 g/mol. The fourth-order valence-electron chi connectivity index (χ4n) is 1.71. The van der Waals surface area contributed by atoms with Crippen LogP contribution in [0.15, 0.2) is 0 Å². The van der Waals surface area contributed by atoms with Gasteiger partial charge in [0.25, 0.3) is 0 Å². The zero-order valence-electron chi connectivity index (χ0n) is 7.55. The van der Waals surface area contributed by atoms with Gasteiger partial charge >= 0.3 is 0 Å². The Morgan fingerprint density at radius 3 is 2.85 bits per heavy atom. The Kier molecular flexibility index (Phi) is 2.53. The summed E-state index contributed by atoms with van der Waals surface area (Å²) in [4.78, 5) is 0. The highest BCUT2D eigenvalue weighted by Gasteiger charge is 2.42. The molecule has 0 bridgehead atoms. The van der Waals surface area contributed by atoms with Gasteiger partial charge in [0.15, 0.2) is 6.29 Å². The molecule has 0 amide bonds. The molecule has 0 aromatic heterocycles. The van der Waals surface area contributed by atoms with Gasteiger partial charge in [-0.15, -0.1) is 0 Å². The third-order valence-electron chi connectivity index (χ3n) is 2.52. The summed E-state index contributed by atoms with van der Waals surface area (Å²) in [7, 11) is 0. The molecule has 2 rings (SSSR count). The summed E-state index contributed by atoms with van der Waals surface area (Å²) in [6.45, 7) is 2.57. The van der Waals surface area contributed by atoms with Crippen LogP contribution in [0.5, 0.6) is 0 Å². The molecule has 2 aliphatic rings. The highest BCUT2D eigenvalue weighted by Crippen LogP contribution is 2.23. The molecule has 0 saturated carbocycles. The van der Waals surface area contributed by atoms with Crippen LogP contribution in [0.1, 0.15) is 6.92 Å². The molecule has 0 unspecified atom stereocenters. The molecular formula is C8H15NO4. The van der Waals surface area contributed by atoms with Crippen molar-refractivity contribution in [1.82, 2.24) is 0 Å². The molecule has 0 spiro atoms. The zero-order valence-corrected chi connectivity index (χ0v) is 7.55. The van der Waals surface area contributed by atoms with E-state index in [0.717, 1.165) is 0 Å². The predicted molar refractivity (Wildman–Crippen MR) is 44.0 cm³/mol. The number of hydrogen-bond acceptors (Lipinski definition) is 5. The van der Waals surface area contributed by atoms with Gasteiger partial charge in [-0.25, -0.2) is 0 Å². The van der Waals surface area contributed by atoms with E-state index in [1.165, 1.54) is 0 Å². The molecule has 2 fully saturated rings. The number of ether oxygens (including phenoxy) is 3. The van der Waals surface area contributed by atoms with Crippen LogP contribution in [0.2, 0.25) is 0 Å². The second-order valence-corrected chi connectivity index (χ2v) is 3.52. The quantitative estimate of drug-likeness (QED) is 0.502. The maximum absolute atomic E-state index is 9.43. The molecule has 13 heavy (non-hydrogen) atoms. The number of rotatable bonds is 0. The van der Waals surface area contributed by atoms with Gasteiger partial charge in [-0.1, -0.05) is 0 Å². The molecule has 0 aromatic carbocycles. The second-order valence-electron chi connectivity index (χ2n) is 3.52. The molecule has 0 aliphatic carbocycles. The maximum Gasteiger partial charge on any atom is 0.155 e. The molecule has 3 N–H and O–H groups in total. The van der Waals surface area contributed by atoms with Crippen LogP contribution in [0.3, 0.4) is 0 Å². The highest BCUT2D eigenvalue weighted by molar-refractivity contribution is 4.92. The van der Waals surface area contributed by atoms with Crippen LogP contribution < -0.4 is 5.73 Å². The Morgan fingerprint density at radius 1 is 1.31 bits per heavy atom. The lowest BCUT2D eigenvalue weighted by molar-refractivity contribution is -0.283. The fourth-order valence-corrected chi connectivity index (χ4v) is 1.71. The van der Waals surface area contributed by atoms with E-state index in [1.54, 1.807) is 0 Å². The number of nitrogens with two attached hydrogens (primary N) is 1. The van der Waals surface area contributed by atoms with Gasteiger partial charge < -0.3 is 25.1 Å². The van der Waals surface area contributed by atoms with E-state index in [2.05, 4.69) is 0 Å². The van der Waals surface area contributed by atoms with Crippen LogP contribution in [0.25, 0.3) is 0 Å². The molecule has 2 saturated heterocycles. The molecule has 0 aromatic rings. The smallest absolute Gasteiger partial charge is 0.155 e. The van der Waals surface area contributed by atoms with Gasteiger partial charge in [0, 0.05) is 0 Å². The van der Waals surface area contributed by atoms with Gasteiger partial charge in [0.2, 0.25) is 0 Å². The Balaban J connectivity index is 2.04. The van der Waals surface area contributed by atoms with E-state index in [4.69, 9.17) is 19.9 Å². The molecule has 2 heterocycles. The first kappa shape index (κ1) is 9.36. The van der Waals surface area contributed by atoms with Crippen molar-refractivity contribution in [1.29, 1.82) is 0 Å². The molecule has 5 nitrogen and oxygen atoms in total. The maximum atomic E-state index is 9.43. The largest absolute Gasteiger partial charge is 0.389 e. The molecule has 76 valence electrons. The minimum absolute atomic E-state index is 0.130. The summed E-state index contributed by atoms with van der Waals surface area (Å²) >= 11 is 0. The van der Waals surface area contributed by atoms with Crippen LogP contribution in [-0.4, -0.2) is 49.0 Å². The highest BCUT2D eigenvalue weighted by atomic mass is 16.7. The minimum atomic E-state index is -0.633. The topological polar surface area (TPSA) is 73.9 Å². The lowest BCUT2D eigenvalue weighted by atomic mass is 9.98. The number of hydrogen-bond donors (Lipinski definition) is 2. The Hall–Kier alpha value is -0.200. The predicted octanol–water partition coefficient (Wildman–Crippen LogP) is -1.17. The van der Waals surface area contributed by atoms with E-state index in [-0.39, 0.29) is 31.1 Å². The molecule has 5 heteroatoms. The van der Waals surface area contributed by atoms with Crippen LogP contribution in [-0.2, 0) is 14.2 Å². The number of aliphatic hydroxyl groups excluding tert-OH is 1. The van der Waals surface area contributed by atoms with E-state index < -0.39 is 6.10 Å². The van der Waals surface area contributed by atoms with Crippen molar-refractivity contribution in [3.63, 3.8) is 0 Å². The van der Waals surface area contributed by atoms with E-state index in [9.17, 15) is 5.11 Å². The summed E-state index contributed by atoms with van der Waals surface area (Å²) in [5.41, 5.74) is 5.78. The van der Waals surface area contributed by atoms with Gasteiger partial charge in [0.05, 0.1) is 25.4 Å². The van der Waals surface area contributed by atoms with Crippen LogP contribution >= 0.6 is 0 Å². The Bertz CT molecular complexity index is 185. The lowest BCUT2D eigenvalue weighted by Crippen LogP contribution is -2.62. The van der Waals surface area contributed by atoms with Gasteiger partial charge in [-0.2, -0.15) is 0 Å². The SMILES string of the molecule is C[C@@H]1OC[C@H]2OC[C@@H](O)[C@@H](N)[C@@H]2O1. The first-order valence-corrected chi connectivity index (χ1v) is 4.51. The summed E-state index contributed by atoms with van der Waals surface area (Å²) in [6, 6.07) is -0.370. The summed E-state index contributed by atoms with van der Waals surface area (Å²) in [5, 5.41) is 9.43. The van der Waals surface area contributed by atoms with E-state index in [1.807, 2.05) is 6.92 Å². The number of aliphatic hydroxyl groups is 1.